The van der Waals surface area contributed by atoms with Crippen molar-refractivity contribution in [1.82, 2.24) is 9.80 Å². The van der Waals surface area contributed by atoms with Crippen molar-refractivity contribution in [2.75, 3.05) is 20.6 Å². The van der Waals surface area contributed by atoms with Crippen molar-refractivity contribution in [2.45, 2.75) is 19.6 Å². The van der Waals surface area contributed by atoms with Gasteiger partial charge >= 0.3 is 21.1 Å². The Hall–Kier alpha value is -1.20. The van der Waals surface area contributed by atoms with E-state index >= 15 is 0 Å². The van der Waals surface area contributed by atoms with Gasteiger partial charge in [-0.15, -0.1) is 0 Å². The molecule has 1 aliphatic heterocycles. The Balaban J connectivity index is 0.000000593. The van der Waals surface area contributed by atoms with Crippen LogP contribution in [0, 0.1) is 0 Å². The van der Waals surface area contributed by atoms with E-state index in [2.05, 4.69) is 54.2 Å². The molecular weight excluding hydrogens is 411 g/mol. The quantitative estimate of drug-likeness (QED) is 0.466. The lowest BCUT2D eigenvalue weighted by atomic mass is 10.1. The van der Waals surface area contributed by atoms with E-state index in [1.54, 1.807) is 0 Å². The second kappa shape index (κ2) is 9.83. The van der Waals surface area contributed by atoms with Crippen LogP contribution in [0.1, 0.15) is 12.5 Å². The summed E-state index contributed by atoms with van der Waals surface area (Å²) in [6.45, 7) is 2.99. The maximum Gasteiger partial charge on any atom is 0.503 e. The van der Waals surface area contributed by atoms with Crippen LogP contribution in [0.5, 0.6) is 0 Å². The van der Waals surface area contributed by atoms with Crippen molar-refractivity contribution < 1.29 is 31.4 Å². The molecule has 0 aromatic heterocycles. The minimum absolute atomic E-state index is 0.279. The molecule has 0 radical (unpaired) electrons. The minimum atomic E-state index is -3.76. The third kappa shape index (κ3) is 7.27. The van der Waals surface area contributed by atoms with Gasteiger partial charge in [0, 0.05) is 26.3 Å². The van der Waals surface area contributed by atoms with Gasteiger partial charge in [0.1, 0.15) is 5.84 Å². The van der Waals surface area contributed by atoms with Crippen LogP contribution in [0.3, 0.4) is 0 Å². The van der Waals surface area contributed by atoms with E-state index in [9.17, 15) is 0 Å². The van der Waals surface area contributed by atoms with Gasteiger partial charge in [-0.05, 0) is 28.4 Å². The Morgan fingerprint density at radius 1 is 1.35 bits per heavy atom. The van der Waals surface area contributed by atoms with Crippen molar-refractivity contribution >= 4 is 5.84 Å². The predicted octanol–water partition coefficient (Wildman–Crippen LogP) is -4.28. The zero-order valence-corrected chi connectivity index (χ0v) is 15.7. The lowest BCUT2D eigenvalue weighted by molar-refractivity contribution is -1.63. The molecule has 0 spiro atoms. The highest BCUT2D eigenvalue weighted by molar-refractivity contribution is 5.94. The van der Waals surface area contributed by atoms with Crippen LogP contribution in [0.25, 0.3) is 0 Å². The average Bonchev–Trinajstić information content (AvgIpc) is 2.50. The van der Waals surface area contributed by atoms with Crippen LogP contribution in [0.15, 0.2) is 47.1 Å². The van der Waals surface area contributed by atoms with Gasteiger partial charge in [-0.3, -0.25) is 5.73 Å². The monoisotopic (exact) mass is 434 g/mol. The first kappa shape index (κ1) is 19.8. The van der Waals surface area contributed by atoms with E-state index in [1.165, 1.54) is 5.56 Å². The second-order valence-corrected chi connectivity index (χ2v) is 6.30. The molecule has 1 atom stereocenters. The highest BCUT2D eigenvalue weighted by Gasteiger charge is 2.17. The van der Waals surface area contributed by atoms with E-state index in [4.69, 9.17) is 16.0 Å². The molecule has 1 heterocycles. The zero-order chi connectivity index (χ0) is 17.4. The molecule has 1 aromatic rings. The number of nitrogens with zero attached hydrogens (tertiary/aromatic N) is 3. The molecule has 0 bridgehead atoms. The van der Waals surface area contributed by atoms with Gasteiger partial charge in [-0.2, -0.15) is 0 Å². The van der Waals surface area contributed by atoms with Crippen LogP contribution < -0.4 is 33.7 Å². The average molecular weight is 434 g/mol. The number of amidine groups is 1. The molecule has 0 aliphatic carbocycles. The number of likely N-dealkylation sites (N-methyl/N-ethyl adjacent to an activating group) is 1. The van der Waals surface area contributed by atoms with E-state index in [-0.39, 0.29) is 6.29 Å². The number of allylic oxidation sites excluding steroid dienone is 1. The minimum Gasteiger partial charge on any atom is -0.396 e. The summed E-state index contributed by atoms with van der Waals surface area (Å²) in [5.41, 5.74) is 8.46. The molecule has 7 nitrogen and oxygen atoms in total. The summed E-state index contributed by atoms with van der Waals surface area (Å²) in [5, 5.41) is 0. The molecule has 23 heavy (non-hydrogen) atoms. The second-order valence-electron chi connectivity index (χ2n) is 5.16. The van der Waals surface area contributed by atoms with Gasteiger partial charge < -0.3 is 16.7 Å². The Morgan fingerprint density at radius 3 is 2.43 bits per heavy atom. The number of aliphatic imine (C=N–C) groups is 1. The van der Waals surface area contributed by atoms with Gasteiger partial charge in [-0.1, -0.05) is 30.3 Å². The fourth-order valence-corrected chi connectivity index (χ4v) is 2.02. The van der Waals surface area contributed by atoms with E-state index < -0.39 is 21.1 Å². The Morgan fingerprint density at radius 2 is 1.91 bits per heavy atom. The molecule has 0 saturated heterocycles. The van der Waals surface area contributed by atoms with Crippen molar-refractivity contribution in [1.29, 1.82) is 0 Å². The summed E-state index contributed by atoms with van der Waals surface area (Å²) in [4.78, 5) is 8.62. The summed E-state index contributed by atoms with van der Waals surface area (Å²) in [7, 11) is 4.02. The Kier molecular flexibility index (Phi) is 8.48. The molecule has 1 aromatic carbocycles. The van der Waals surface area contributed by atoms with Crippen LogP contribution in [-0.4, -0.2) is 46.0 Å². The lowest BCUT2D eigenvalue weighted by Gasteiger charge is -2.31. The fourth-order valence-electron chi connectivity index (χ4n) is 2.02. The number of rotatable bonds is 3. The fraction of sp³-hybridized carbons (Fsp3) is 0.400. The smallest absolute Gasteiger partial charge is 0.396 e. The van der Waals surface area contributed by atoms with Crippen molar-refractivity contribution in [3.05, 3.63) is 47.7 Å². The Bertz CT molecular complexity index is 534. The molecule has 128 valence electrons. The normalized spacial score (nSPS) is 17.2. The van der Waals surface area contributed by atoms with Crippen molar-refractivity contribution in [2.24, 2.45) is 10.7 Å². The van der Waals surface area contributed by atoms with Crippen LogP contribution in [0.2, 0.25) is 0 Å². The van der Waals surface area contributed by atoms with Gasteiger partial charge in [0.05, 0.1) is 0 Å². The highest BCUT2D eigenvalue weighted by Crippen LogP contribution is 2.12. The first-order valence-corrected chi connectivity index (χ1v) is 9.78. The molecule has 2 rings (SSSR count). The van der Waals surface area contributed by atoms with E-state index in [0.717, 1.165) is 24.5 Å². The summed E-state index contributed by atoms with van der Waals surface area (Å²) in [5.74, 6) is 0.957. The summed E-state index contributed by atoms with van der Waals surface area (Å²) in [6, 6.07) is 10.5. The number of halogens is 1. The van der Waals surface area contributed by atoms with Gasteiger partial charge in [0.2, 0.25) is 0 Å². The lowest BCUT2D eigenvalue weighted by Crippen LogP contribution is -3.98. The maximum atomic E-state index is 8.68. The third-order valence-corrected chi connectivity index (χ3v) is 3.53. The highest BCUT2D eigenvalue weighted by atomic mass is 127. The SMILES string of the molecule is CC1=CC(N(C)CCc2ccccc2)=NC(N)N1C.[O-][I+2]([O-])O. The first-order chi connectivity index (χ1) is 10.8. The Labute approximate surface area is 145 Å². The topological polar surface area (TPSA) is 111 Å². The number of benzene rings is 1. The third-order valence-electron chi connectivity index (χ3n) is 3.53. The molecule has 0 amide bonds. The van der Waals surface area contributed by atoms with E-state index in [1.807, 2.05) is 18.0 Å². The van der Waals surface area contributed by atoms with Gasteiger partial charge in [0.15, 0.2) is 6.29 Å². The maximum absolute atomic E-state index is 8.68. The summed E-state index contributed by atoms with van der Waals surface area (Å²) >= 11 is -3.76. The molecule has 1 aliphatic rings. The van der Waals surface area contributed by atoms with Gasteiger partial charge in [0.25, 0.3) is 0 Å². The standard InChI is InChI=1S/C15H22N4.HIO3/c1-12-11-14(17-15(16)19(12)3)18(2)10-9-13-7-5-4-6-8-13;2-1(3)4/h4-8,11,15H,9-10,16H2,1-3H3;2H. The zero-order valence-electron chi connectivity index (χ0n) is 13.5. The molecule has 0 saturated carbocycles. The summed E-state index contributed by atoms with van der Waals surface area (Å²) in [6.07, 6.45) is 2.81. The van der Waals surface area contributed by atoms with Crippen LogP contribution >= 0.6 is 0 Å². The van der Waals surface area contributed by atoms with E-state index in [0.29, 0.717) is 0 Å². The molecule has 3 N–H and O–H groups in total. The molecule has 0 fully saturated rings. The van der Waals surface area contributed by atoms with Gasteiger partial charge in [-0.25, -0.2) is 4.99 Å². The number of hydrogen-bond donors (Lipinski definition) is 2. The first-order valence-electron chi connectivity index (χ1n) is 7.05. The largest absolute Gasteiger partial charge is 0.503 e. The molecular formula is C15H23IN4O3. The molecule has 1 unspecified atom stereocenters. The number of nitrogens with two attached hydrogens (primary N) is 1. The number of hydrogen-bond acceptors (Lipinski definition) is 7. The van der Waals surface area contributed by atoms with Crippen molar-refractivity contribution in [3.8, 4) is 0 Å². The van der Waals surface area contributed by atoms with Crippen LogP contribution in [-0.2, 0) is 6.42 Å². The summed E-state index contributed by atoms with van der Waals surface area (Å²) < 4.78 is 24.5. The predicted molar refractivity (Wildman–Crippen MR) is 81.9 cm³/mol. The molecule has 8 heteroatoms. The van der Waals surface area contributed by atoms with Crippen LogP contribution in [0.4, 0.5) is 0 Å². The van der Waals surface area contributed by atoms with Crippen molar-refractivity contribution in [3.63, 3.8) is 0 Å².